The number of hydrogen-bond acceptors (Lipinski definition) is 4. The molecule has 1 unspecified atom stereocenters. The molecule has 26 heavy (non-hydrogen) atoms. The van der Waals surface area contributed by atoms with Gasteiger partial charge in [-0.1, -0.05) is 20.8 Å². The van der Waals surface area contributed by atoms with Crippen LogP contribution >= 0.6 is 0 Å². The van der Waals surface area contributed by atoms with Gasteiger partial charge < -0.3 is 15.0 Å². The highest BCUT2D eigenvalue weighted by molar-refractivity contribution is 7.80. The Balaban J connectivity index is 2.57. The smallest absolute Gasteiger partial charge is 0.407 e. The Labute approximate surface area is 159 Å². The van der Waals surface area contributed by atoms with Gasteiger partial charge in [-0.2, -0.15) is 0 Å². The molecule has 1 N–H and O–H groups in total. The van der Waals surface area contributed by atoms with Gasteiger partial charge in [-0.3, -0.25) is 4.79 Å². The third kappa shape index (κ3) is 6.85. The molecule has 1 rings (SSSR count). The maximum atomic E-state index is 12.2. The summed E-state index contributed by atoms with van der Waals surface area (Å²) in [5.41, 5.74) is -0.338. The van der Waals surface area contributed by atoms with E-state index in [1.54, 1.807) is 34.7 Å². The van der Waals surface area contributed by atoms with Crippen molar-refractivity contribution in [1.82, 2.24) is 18.8 Å². The zero-order chi connectivity index (χ0) is 20.1. The summed E-state index contributed by atoms with van der Waals surface area (Å²) in [5, 5.41) is 2.55. The molecular weight excluding hydrogens is 356 g/mol. The minimum absolute atomic E-state index is 0.0699. The lowest BCUT2D eigenvalue weighted by Crippen LogP contribution is -2.47. The van der Waals surface area contributed by atoms with Crippen LogP contribution in [0, 0.1) is 5.41 Å². The highest BCUT2D eigenvalue weighted by Gasteiger charge is 2.32. The summed E-state index contributed by atoms with van der Waals surface area (Å²) < 4.78 is 20.9. The molecule has 0 aromatic rings. The average molecular weight is 391 g/mol. The fourth-order valence-corrected chi connectivity index (χ4v) is 3.61. The number of alkyl carbamates (subject to hydrolysis) is 1. The van der Waals surface area contributed by atoms with Crippen LogP contribution in [-0.2, 0) is 20.7 Å². The number of ether oxygens (including phenoxy) is 1. The van der Waals surface area contributed by atoms with Crippen LogP contribution in [0.4, 0.5) is 4.79 Å². The molecule has 152 valence electrons. The standard InChI is InChI=1S/C17H34N4O4S/c1-13-9-8-10-21(13)15(22)11-18-16(23)25-14(17(2,3)4)12-20(7)26(24)19(5)6/h13-14H,8-12H2,1-7H3,(H,18,23)/t13-,14-,26?/m1/s1. The third-order valence-electron chi connectivity index (χ3n) is 4.47. The van der Waals surface area contributed by atoms with E-state index in [0.717, 1.165) is 19.4 Å². The van der Waals surface area contributed by atoms with Gasteiger partial charge in [0.25, 0.3) is 0 Å². The van der Waals surface area contributed by atoms with E-state index in [4.69, 9.17) is 4.74 Å². The molecule has 0 aromatic carbocycles. The van der Waals surface area contributed by atoms with Crippen molar-refractivity contribution in [2.75, 3.05) is 40.8 Å². The Morgan fingerprint density at radius 3 is 2.38 bits per heavy atom. The van der Waals surface area contributed by atoms with Crippen LogP contribution in [0.25, 0.3) is 0 Å². The van der Waals surface area contributed by atoms with Crippen LogP contribution in [-0.4, -0.2) is 82.6 Å². The van der Waals surface area contributed by atoms with Crippen LogP contribution in [0.2, 0.25) is 0 Å². The summed E-state index contributed by atoms with van der Waals surface area (Å²) in [4.78, 5) is 26.2. The van der Waals surface area contributed by atoms with E-state index in [-0.39, 0.29) is 23.9 Å². The number of rotatable bonds is 7. The van der Waals surface area contributed by atoms with E-state index in [9.17, 15) is 13.8 Å². The van der Waals surface area contributed by atoms with Crippen LogP contribution in [0.3, 0.4) is 0 Å². The molecule has 2 amide bonds. The Morgan fingerprint density at radius 1 is 1.31 bits per heavy atom. The van der Waals surface area contributed by atoms with E-state index in [1.807, 2.05) is 27.7 Å². The minimum Gasteiger partial charge on any atom is -0.444 e. The lowest BCUT2D eigenvalue weighted by Gasteiger charge is -2.33. The molecule has 1 fully saturated rings. The van der Waals surface area contributed by atoms with Crippen molar-refractivity contribution >= 4 is 23.2 Å². The molecule has 0 aliphatic carbocycles. The van der Waals surface area contributed by atoms with E-state index in [1.165, 1.54) is 0 Å². The molecule has 0 bridgehead atoms. The molecule has 0 spiro atoms. The molecule has 0 aromatic heterocycles. The van der Waals surface area contributed by atoms with E-state index >= 15 is 0 Å². The predicted molar refractivity (Wildman–Crippen MR) is 103 cm³/mol. The van der Waals surface area contributed by atoms with Crippen molar-refractivity contribution in [3.05, 3.63) is 0 Å². The summed E-state index contributed by atoms with van der Waals surface area (Å²) in [6.45, 7) is 8.86. The predicted octanol–water partition coefficient (Wildman–Crippen LogP) is 1.21. The van der Waals surface area contributed by atoms with Gasteiger partial charge in [0.15, 0.2) is 11.2 Å². The maximum absolute atomic E-state index is 12.2. The average Bonchev–Trinajstić information content (AvgIpc) is 2.96. The number of nitrogens with one attached hydrogen (secondary N) is 1. The van der Waals surface area contributed by atoms with Crippen molar-refractivity contribution < 1.29 is 18.5 Å². The van der Waals surface area contributed by atoms with Crippen molar-refractivity contribution in [3.8, 4) is 0 Å². The summed E-state index contributed by atoms with van der Waals surface area (Å²) in [6, 6.07) is 0.220. The number of carbonyl (C=O) groups excluding carboxylic acids is 2. The maximum Gasteiger partial charge on any atom is 0.407 e. The zero-order valence-electron chi connectivity index (χ0n) is 17.1. The van der Waals surface area contributed by atoms with Gasteiger partial charge in [0.1, 0.15) is 12.6 Å². The van der Waals surface area contributed by atoms with Gasteiger partial charge in [-0.15, -0.1) is 0 Å². The largest absolute Gasteiger partial charge is 0.444 e. The molecule has 0 saturated carbocycles. The number of carbonyl (C=O) groups is 2. The quantitative estimate of drug-likeness (QED) is 0.708. The minimum atomic E-state index is -1.31. The van der Waals surface area contributed by atoms with Gasteiger partial charge in [0.05, 0.1) is 6.54 Å². The normalized spacial score (nSPS) is 20.3. The number of likely N-dealkylation sites (N-methyl/N-ethyl adjacent to an activating group) is 1. The van der Waals surface area contributed by atoms with Gasteiger partial charge in [-0.05, 0) is 19.8 Å². The Bertz CT molecular complexity index is 521. The van der Waals surface area contributed by atoms with E-state index in [2.05, 4.69) is 5.32 Å². The fraction of sp³-hybridized carbons (Fsp3) is 0.882. The van der Waals surface area contributed by atoms with Gasteiger partial charge in [0, 0.05) is 39.1 Å². The van der Waals surface area contributed by atoms with Gasteiger partial charge in [0.2, 0.25) is 5.91 Å². The Morgan fingerprint density at radius 2 is 1.92 bits per heavy atom. The number of hydrogen-bond donors (Lipinski definition) is 1. The van der Waals surface area contributed by atoms with E-state index in [0.29, 0.717) is 6.54 Å². The van der Waals surface area contributed by atoms with Gasteiger partial charge >= 0.3 is 6.09 Å². The first kappa shape index (κ1) is 22.9. The topological polar surface area (TPSA) is 82.2 Å². The number of nitrogens with zero attached hydrogens (tertiary/aromatic N) is 3. The Kier molecular flexibility index (Phi) is 8.49. The van der Waals surface area contributed by atoms with Crippen LogP contribution in [0.5, 0.6) is 0 Å². The zero-order valence-corrected chi connectivity index (χ0v) is 17.9. The van der Waals surface area contributed by atoms with Crippen LogP contribution in [0.1, 0.15) is 40.5 Å². The van der Waals surface area contributed by atoms with Crippen molar-refractivity contribution in [3.63, 3.8) is 0 Å². The first-order chi connectivity index (χ1) is 11.9. The molecule has 1 saturated heterocycles. The Hall–Kier alpha value is -1.19. The third-order valence-corrected chi connectivity index (χ3v) is 5.78. The fourth-order valence-electron chi connectivity index (χ4n) is 2.79. The summed E-state index contributed by atoms with van der Waals surface area (Å²) in [6.07, 6.45) is 0.891. The van der Waals surface area contributed by atoms with Crippen LogP contribution < -0.4 is 5.32 Å². The van der Waals surface area contributed by atoms with E-state index < -0.39 is 23.4 Å². The second-order valence-electron chi connectivity index (χ2n) is 8.05. The highest BCUT2D eigenvalue weighted by Crippen LogP contribution is 2.23. The SMILES string of the molecule is C[C@@H]1CCCN1C(=O)CNC(=O)O[C@H](CN(C)S(=O)N(C)C)C(C)(C)C. The lowest BCUT2D eigenvalue weighted by molar-refractivity contribution is -0.130. The molecule has 9 heteroatoms. The van der Waals surface area contributed by atoms with Crippen molar-refractivity contribution in [2.24, 2.45) is 5.41 Å². The lowest BCUT2D eigenvalue weighted by atomic mass is 9.89. The summed E-state index contributed by atoms with van der Waals surface area (Å²) >= 11 is -1.31. The molecule has 8 nitrogen and oxygen atoms in total. The number of likely N-dealkylation sites (tertiary alicyclic amines) is 1. The molecule has 1 heterocycles. The number of amides is 2. The highest BCUT2D eigenvalue weighted by atomic mass is 32.2. The monoisotopic (exact) mass is 390 g/mol. The molecule has 3 atom stereocenters. The molecule has 0 radical (unpaired) electrons. The first-order valence-corrected chi connectivity index (χ1v) is 10.0. The van der Waals surface area contributed by atoms with Crippen molar-refractivity contribution in [2.45, 2.75) is 52.7 Å². The molecular formula is C17H34N4O4S. The second-order valence-corrected chi connectivity index (χ2v) is 9.86. The summed E-state index contributed by atoms with van der Waals surface area (Å²) in [7, 11) is 5.16. The molecule has 1 aliphatic heterocycles. The van der Waals surface area contributed by atoms with Gasteiger partial charge in [-0.25, -0.2) is 17.6 Å². The molecule has 1 aliphatic rings. The summed E-state index contributed by atoms with van der Waals surface area (Å²) in [5.74, 6) is -0.0925. The second kappa shape index (κ2) is 9.66. The van der Waals surface area contributed by atoms with Crippen LogP contribution in [0.15, 0.2) is 0 Å². The van der Waals surface area contributed by atoms with Crippen molar-refractivity contribution in [1.29, 1.82) is 0 Å². The first-order valence-electron chi connectivity index (χ1n) is 8.98.